The van der Waals surface area contributed by atoms with E-state index in [4.69, 9.17) is 5.73 Å². The van der Waals surface area contributed by atoms with Crippen LogP contribution in [-0.4, -0.2) is 17.1 Å². The van der Waals surface area contributed by atoms with Crippen LogP contribution in [0, 0.1) is 5.92 Å². The molecule has 1 atom stereocenters. The number of carbonyl (C=O) groups excluding carboxylic acids is 1. The van der Waals surface area contributed by atoms with Crippen LogP contribution < -0.4 is 11.1 Å². The number of anilines is 1. The highest BCUT2D eigenvalue weighted by Crippen LogP contribution is 2.06. The molecule has 0 radical (unpaired) electrons. The molecule has 5 nitrogen and oxygen atoms in total. The van der Waals surface area contributed by atoms with Crippen LogP contribution in [0.15, 0.2) is 16.9 Å². The molecule has 0 fully saturated rings. The van der Waals surface area contributed by atoms with Crippen molar-refractivity contribution < 1.29 is 9.32 Å². The third-order valence-electron chi connectivity index (χ3n) is 1.75. The minimum atomic E-state index is -0.494. The summed E-state index contributed by atoms with van der Waals surface area (Å²) >= 11 is 0. The summed E-state index contributed by atoms with van der Waals surface area (Å²) in [6, 6.07) is 1.08. The Morgan fingerprint density at radius 2 is 2.43 bits per heavy atom. The lowest BCUT2D eigenvalue weighted by Gasteiger charge is -2.12. The van der Waals surface area contributed by atoms with Crippen LogP contribution in [0.4, 0.5) is 5.82 Å². The van der Waals surface area contributed by atoms with Gasteiger partial charge in [0, 0.05) is 6.07 Å². The van der Waals surface area contributed by atoms with Crippen molar-refractivity contribution in [2.24, 2.45) is 11.7 Å². The molecule has 0 saturated carbocycles. The maximum Gasteiger partial charge on any atom is 0.242 e. The minimum Gasteiger partial charge on any atom is -0.363 e. The Kier molecular flexibility index (Phi) is 3.64. The quantitative estimate of drug-likeness (QED) is 0.754. The van der Waals surface area contributed by atoms with Gasteiger partial charge in [-0.3, -0.25) is 4.79 Å². The van der Waals surface area contributed by atoms with Gasteiger partial charge in [-0.05, 0) is 12.3 Å². The lowest BCUT2D eigenvalue weighted by atomic mass is 10.0. The van der Waals surface area contributed by atoms with Gasteiger partial charge in [0.25, 0.3) is 0 Å². The highest BCUT2D eigenvalue weighted by molar-refractivity contribution is 5.93. The van der Waals surface area contributed by atoms with Gasteiger partial charge in [-0.1, -0.05) is 19.0 Å². The molecule has 3 N–H and O–H groups in total. The van der Waals surface area contributed by atoms with Crippen molar-refractivity contribution >= 4 is 11.7 Å². The molecule has 1 rings (SSSR count). The number of amides is 1. The number of nitrogens with zero attached hydrogens (tertiary/aromatic N) is 1. The first-order chi connectivity index (χ1) is 6.59. The average molecular weight is 197 g/mol. The van der Waals surface area contributed by atoms with Gasteiger partial charge in [0.1, 0.15) is 6.26 Å². The molecule has 0 saturated heterocycles. The molecule has 1 heterocycles. The Morgan fingerprint density at radius 3 is 2.93 bits per heavy atom. The van der Waals surface area contributed by atoms with Crippen LogP contribution in [0.2, 0.25) is 0 Å². The van der Waals surface area contributed by atoms with Crippen LogP contribution in [0.3, 0.4) is 0 Å². The lowest BCUT2D eigenvalue weighted by molar-refractivity contribution is -0.117. The van der Waals surface area contributed by atoms with E-state index in [1.54, 1.807) is 6.07 Å². The largest absolute Gasteiger partial charge is 0.363 e. The first-order valence-corrected chi connectivity index (χ1v) is 4.56. The Labute approximate surface area is 82.6 Å². The van der Waals surface area contributed by atoms with Crippen molar-refractivity contribution in [3.8, 4) is 0 Å². The number of hydrogen-bond donors (Lipinski definition) is 2. The standard InChI is InChI=1S/C9H15N3O2/c1-6(2)5-7(10)9(13)11-8-3-4-14-12-8/h3-4,6-7H,5,10H2,1-2H3,(H,11,12,13)/t7-/m1/s1. The second-order valence-corrected chi connectivity index (χ2v) is 3.61. The maximum atomic E-state index is 11.4. The van der Waals surface area contributed by atoms with Crippen LogP contribution in [0.5, 0.6) is 0 Å². The van der Waals surface area contributed by atoms with E-state index in [0.717, 1.165) is 0 Å². The van der Waals surface area contributed by atoms with Gasteiger partial charge in [0.05, 0.1) is 6.04 Å². The van der Waals surface area contributed by atoms with E-state index in [9.17, 15) is 4.79 Å². The zero-order valence-electron chi connectivity index (χ0n) is 8.36. The number of carbonyl (C=O) groups is 1. The SMILES string of the molecule is CC(C)C[C@@H](N)C(=O)Nc1ccon1. The van der Waals surface area contributed by atoms with E-state index >= 15 is 0 Å². The topological polar surface area (TPSA) is 81.2 Å². The van der Waals surface area contributed by atoms with Gasteiger partial charge in [-0.15, -0.1) is 0 Å². The third-order valence-corrected chi connectivity index (χ3v) is 1.75. The summed E-state index contributed by atoms with van der Waals surface area (Å²) in [6.07, 6.45) is 2.05. The number of aromatic nitrogens is 1. The molecule has 5 heteroatoms. The van der Waals surface area contributed by atoms with Gasteiger partial charge < -0.3 is 15.6 Å². The molecule has 0 aromatic carbocycles. The number of nitrogens with one attached hydrogen (secondary N) is 1. The fourth-order valence-electron chi connectivity index (χ4n) is 1.11. The normalized spacial score (nSPS) is 12.9. The fraction of sp³-hybridized carbons (Fsp3) is 0.556. The molecule has 0 aliphatic rings. The van der Waals surface area contributed by atoms with Crippen LogP contribution in [0.1, 0.15) is 20.3 Å². The summed E-state index contributed by atoms with van der Waals surface area (Å²) in [5, 5.41) is 6.11. The molecule has 78 valence electrons. The van der Waals surface area contributed by atoms with Crippen LogP contribution in [-0.2, 0) is 4.79 Å². The molecule has 0 unspecified atom stereocenters. The van der Waals surface area contributed by atoms with Crippen molar-refractivity contribution in [2.75, 3.05) is 5.32 Å². The monoisotopic (exact) mass is 197 g/mol. The van der Waals surface area contributed by atoms with Gasteiger partial charge in [-0.2, -0.15) is 0 Å². The minimum absolute atomic E-state index is 0.229. The van der Waals surface area contributed by atoms with Crippen molar-refractivity contribution in [3.63, 3.8) is 0 Å². The van der Waals surface area contributed by atoms with E-state index in [-0.39, 0.29) is 5.91 Å². The molecule has 14 heavy (non-hydrogen) atoms. The van der Waals surface area contributed by atoms with Gasteiger partial charge in [0.2, 0.25) is 5.91 Å². The van der Waals surface area contributed by atoms with Crippen LogP contribution in [0.25, 0.3) is 0 Å². The molecule has 0 aliphatic carbocycles. The summed E-state index contributed by atoms with van der Waals surface area (Å²) in [5.41, 5.74) is 5.66. The van der Waals surface area contributed by atoms with E-state index in [2.05, 4.69) is 15.0 Å². The zero-order chi connectivity index (χ0) is 10.6. The Bertz CT molecular complexity index is 282. The van der Waals surface area contributed by atoms with Crippen molar-refractivity contribution in [1.29, 1.82) is 0 Å². The van der Waals surface area contributed by atoms with E-state index in [1.807, 2.05) is 13.8 Å². The highest BCUT2D eigenvalue weighted by atomic mass is 16.5. The number of nitrogens with two attached hydrogens (primary N) is 1. The Hall–Kier alpha value is -1.36. The number of rotatable bonds is 4. The summed E-state index contributed by atoms with van der Waals surface area (Å²) in [4.78, 5) is 11.4. The summed E-state index contributed by atoms with van der Waals surface area (Å²) in [5.74, 6) is 0.565. The Morgan fingerprint density at radius 1 is 1.71 bits per heavy atom. The smallest absolute Gasteiger partial charge is 0.242 e. The van der Waals surface area contributed by atoms with Gasteiger partial charge in [0.15, 0.2) is 5.82 Å². The molecular formula is C9H15N3O2. The van der Waals surface area contributed by atoms with Crippen LogP contribution >= 0.6 is 0 Å². The highest BCUT2D eigenvalue weighted by Gasteiger charge is 2.15. The van der Waals surface area contributed by atoms with Crippen molar-refractivity contribution in [3.05, 3.63) is 12.3 Å². The molecular weight excluding hydrogens is 182 g/mol. The second kappa shape index (κ2) is 4.76. The molecule has 0 bridgehead atoms. The van der Waals surface area contributed by atoms with Gasteiger partial charge >= 0.3 is 0 Å². The Balaban J connectivity index is 2.42. The van der Waals surface area contributed by atoms with Crippen molar-refractivity contribution in [1.82, 2.24) is 5.16 Å². The van der Waals surface area contributed by atoms with E-state index < -0.39 is 6.04 Å². The summed E-state index contributed by atoms with van der Waals surface area (Å²) in [6.45, 7) is 4.03. The molecule has 1 aromatic heterocycles. The third kappa shape index (κ3) is 3.18. The average Bonchev–Trinajstić information content (AvgIpc) is 2.55. The second-order valence-electron chi connectivity index (χ2n) is 3.61. The predicted molar refractivity (Wildman–Crippen MR) is 52.6 cm³/mol. The maximum absolute atomic E-state index is 11.4. The predicted octanol–water partition coefficient (Wildman–Crippen LogP) is 0.987. The molecule has 1 aromatic rings. The number of hydrogen-bond acceptors (Lipinski definition) is 4. The van der Waals surface area contributed by atoms with Gasteiger partial charge in [-0.25, -0.2) is 0 Å². The molecule has 0 aliphatic heterocycles. The zero-order valence-corrected chi connectivity index (χ0v) is 8.36. The fourth-order valence-corrected chi connectivity index (χ4v) is 1.11. The van der Waals surface area contributed by atoms with E-state index in [1.165, 1.54) is 6.26 Å². The first kappa shape index (κ1) is 10.7. The molecule has 0 spiro atoms. The molecule has 1 amide bonds. The lowest BCUT2D eigenvalue weighted by Crippen LogP contribution is -2.36. The first-order valence-electron chi connectivity index (χ1n) is 4.56. The van der Waals surface area contributed by atoms with E-state index in [0.29, 0.717) is 18.2 Å². The van der Waals surface area contributed by atoms with Crippen molar-refractivity contribution in [2.45, 2.75) is 26.3 Å². The summed E-state index contributed by atoms with van der Waals surface area (Å²) in [7, 11) is 0. The summed E-state index contributed by atoms with van der Waals surface area (Å²) < 4.78 is 4.57.